The van der Waals surface area contributed by atoms with Gasteiger partial charge in [-0.25, -0.2) is 4.39 Å². The van der Waals surface area contributed by atoms with Crippen LogP contribution in [0.2, 0.25) is 0 Å². The summed E-state index contributed by atoms with van der Waals surface area (Å²) < 4.78 is 31.0. The Labute approximate surface area is 206 Å². The Balaban J connectivity index is 1.82. The van der Waals surface area contributed by atoms with Gasteiger partial charge in [-0.3, -0.25) is 19.1 Å². The van der Waals surface area contributed by atoms with E-state index in [1.165, 1.54) is 30.9 Å². The highest BCUT2D eigenvalue weighted by atomic mass is 32.1. The van der Waals surface area contributed by atoms with E-state index >= 15 is 0 Å². The molecule has 0 bridgehead atoms. The molecule has 0 aliphatic rings. The first-order valence-corrected chi connectivity index (χ1v) is 11.0. The second-order valence-electron chi connectivity index (χ2n) is 8.17. The van der Waals surface area contributed by atoms with Crippen LogP contribution in [0.3, 0.4) is 0 Å². The van der Waals surface area contributed by atoms with Crippen LogP contribution in [-0.2, 0) is 22.7 Å². The van der Waals surface area contributed by atoms with Gasteiger partial charge in [0.15, 0.2) is 16.3 Å². The highest BCUT2D eigenvalue weighted by molar-refractivity contribution is 7.71. The van der Waals surface area contributed by atoms with Crippen molar-refractivity contribution in [2.75, 3.05) is 25.3 Å². The van der Waals surface area contributed by atoms with Crippen molar-refractivity contribution in [3.63, 3.8) is 0 Å². The molecule has 3 rings (SSSR count). The lowest BCUT2D eigenvalue weighted by molar-refractivity contribution is -0.138. The molecule has 3 aromatic rings. The first kappa shape index (κ1) is 25.9. The number of aromatic nitrogens is 2. The summed E-state index contributed by atoms with van der Waals surface area (Å²) in [6.45, 7) is 3.37. The van der Waals surface area contributed by atoms with Gasteiger partial charge in [-0.1, -0.05) is 18.2 Å². The van der Waals surface area contributed by atoms with Gasteiger partial charge >= 0.3 is 0 Å². The monoisotopic (exact) mass is 502 g/mol. The Morgan fingerprint density at radius 1 is 1.11 bits per heavy atom. The molecule has 1 amide bonds. The number of nitrogens with zero attached hydrogens (tertiary/aromatic N) is 1. The van der Waals surface area contributed by atoms with Gasteiger partial charge < -0.3 is 25.3 Å². The number of aromatic amines is 1. The molecule has 0 aliphatic heterocycles. The number of carbonyl (C=O) groups excluding carboxylic acids is 1. The summed E-state index contributed by atoms with van der Waals surface area (Å²) in [6, 6.07) is 11.0. The lowest BCUT2D eigenvalue weighted by atomic mass is 10.1. The molecule has 0 radical (unpaired) electrons. The van der Waals surface area contributed by atoms with Crippen LogP contribution in [0.5, 0.6) is 11.5 Å². The quantitative estimate of drug-likeness (QED) is 0.382. The Morgan fingerprint density at radius 3 is 2.37 bits per heavy atom. The van der Waals surface area contributed by atoms with Gasteiger partial charge in [-0.15, -0.1) is 0 Å². The van der Waals surface area contributed by atoms with Gasteiger partial charge in [0.2, 0.25) is 0 Å². The molecule has 11 heteroatoms. The summed E-state index contributed by atoms with van der Waals surface area (Å²) in [5.74, 6) is 0.105. The first-order chi connectivity index (χ1) is 16.6. The fourth-order valence-electron chi connectivity index (χ4n) is 3.20. The molecule has 1 heterocycles. The lowest BCUT2D eigenvalue weighted by Gasteiger charge is -2.25. The number of carbonyl (C=O) groups is 1. The highest BCUT2D eigenvalue weighted by Gasteiger charge is 2.30. The Bertz CT molecular complexity index is 1340. The molecule has 35 heavy (non-hydrogen) atoms. The van der Waals surface area contributed by atoms with E-state index in [0.29, 0.717) is 17.1 Å². The zero-order valence-corrected chi connectivity index (χ0v) is 20.6. The number of ether oxygens (including phenoxy) is 3. The van der Waals surface area contributed by atoms with Gasteiger partial charge in [0, 0.05) is 0 Å². The van der Waals surface area contributed by atoms with E-state index in [0.717, 1.165) is 5.56 Å². The maximum atomic E-state index is 13.1. The number of halogens is 1. The van der Waals surface area contributed by atoms with Crippen molar-refractivity contribution in [2.24, 2.45) is 0 Å². The summed E-state index contributed by atoms with van der Waals surface area (Å²) in [5.41, 5.74) is 5.61. The molecule has 0 saturated heterocycles. The van der Waals surface area contributed by atoms with Crippen LogP contribution in [0.4, 0.5) is 15.9 Å². The van der Waals surface area contributed by atoms with Crippen LogP contribution in [-0.4, -0.2) is 35.3 Å². The topological polar surface area (TPSA) is 121 Å². The van der Waals surface area contributed by atoms with E-state index in [-0.39, 0.29) is 35.2 Å². The largest absolute Gasteiger partial charge is 0.493 e. The van der Waals surface area contributed by atoms with E-state index in [1.807, 2.05) is 0 Å². The van der Waals surface area contributed by atoms with Crippen molar-refractivity contribution >= 4 is 29.6 Å². The summed E-state index contributed by atoms with van der Waals surface area (Å²) in [6.07, 6.45) is 0. The van der Waals surface area contributed by atoms with Crippen LogP contribution in [0.15, 0.2) is 47.3 Å². The van der Waals surface area contributed by atoms with Gasteiger partial charge in [0.05, 0.1) is 27.4 Å². The van der Waals surface area contributed by atoms with E-state index in [2.05, 4.69) is 10.3 Å². The van der Waals surface area contributed by atoms with E-state index in [4.69, 9.17) is 32.2 Å². The van der Waals surface area contributed by atoms with Crippen molar-refractivity contribution in [2.45, 2.75) is 32.6 Å². The van der Waals surface area contributed by atoms with Crippen LogP contribution in [0, 0.1) is 10.6 Å². The number of nitrogens with one attached hydrogen (secondary N) is 2. The zero-order valence-electron chi connectivity index (χ0n) is 19.8. The highest BCUT2D eigenvalue weighted by Crippen LogP contribution is 2.28. The summed E-state index contributed by atoms with van der Waals surface area (Å²) in [5, 5.41) is 2.55. The van der Waals surface area contributed by atoms with Crippen molar-refractivity contribution < 1.29 is 23.4 Å². The molecule has 0 atom stereocenters. The van der Waals surface area contributed by atoms with Crippen LogP contribution < -0.4 is 26.1 Å². The number of benzene rings is 2. The molecule has 0 fully saturated rings. The van der Waals surface area contributed by atoms with E-state index in [9.17, 15) is 14.0 Å². The Kier molecular flexibility index (Phi) is 7.92. The second-order valence-corrected chi connectivity index (χ2v) is 8.56. The number of nitrogen functional groups attached to an aromatic ring is 1. The molecule has 0 unspecified atom stereocenters. The summed E-state index contributed by atoms with van der Waals surface area (Å²) in [7, 11) is 3.06. The lowest BCUT2D eigenvalue weighted by Crippen LogP contribution is -2.41. The third-order valence-corrected chi connectivity index (χ3v) is 5.65. The molecular weight excluding hydrogens is 475 g/mol. The molecular formula is C24H27FN4O5S. The second kappa shape index (κ2) is 10.7. The summed E-state index contributed by atoms with van der Waals surface area (Å²) >= 11 is 5.29. The van der Waals surface area contributed by atoms with Crippen molar-refractivity contribution in [1.29, 1.82) is 0 Å². The fourth-order valence-corrected chi connectivity index (χ4v) is 3.46. The first-order valence-electron chi connectivity index (χ1n) is 10.6. The molecule has 0 saturated carbocycles. The van der Waals surface area contributed by atoms with E-state index in [1.54, 1.807) is 44.2 Å². The third kappa shape index (κ3) is 6.06. The Hall–Kier alpha value is -3.70. The molecule has 0 aliphatic carbocycles. The third-order valence-electron chi connectivity index (χ3n) is 5.33. The average molecular weight is 503 g/mol. The number of hydrogen-bond acceptors (Lipinski definition) is 7. The van der Waals surface area contributed by atoms with Gasteiger partial charge in [0.1, 0.15) is 22.9 Å². The average Bonchev–Trinajstić information content (AvgIpc) is 2.83. The number of methoxy groups -OCH3 is 2. The smallest absolute Gasteiger partial charge is 0.277 e. The molecule has 4 N–H and O–H groups in total. The maximum absolute atomic E-state index is 13.1. The number of hydrogen-bond donors (Lipinski definition) is 3. The molecule has 1 aromatic heterocycles. The standard InChI is InChI=1S/C24H27FN4O5S/c1-24(2,34-13-14-5-8-16(25)9-6-14)22(31)27-19-20(26)29(23(35)28-21(19)30)12-15-7-10-17(32-3)18(11-15)33-4/h5-11H,12-13,26H2,1-4H3,(H,27,31)(H,28,30,35). The number of H-pyrrole nitrogens is 1. The number of rotatable bonds is 9. The van der Waals surface area contributed by atoms with Crippen molar-refractivity contribution in [3.8, 4) is 11.5 Å². The predicted molar refractivity (Wildman–Crippen MR) is 133 cm³/mol. The van der Waals surface area contributed by atoms with Gasteiger partial charge in [-0.05, 0) is 61.5 Å². The minimum Gasteiger partial charge on any atom is -0.493 e. The van der Waals surface area contributed by atoms with Gasteiger partial charge in [-0.2, -0.15) is 0 Å². The fraction of sp³-hybridized carbons (Fsp3) is 0.292. The molecule has 186 valence electrons. The van der Waals surface area contributed by atoms with Crippen LogP contribution in [0.1, 0.15) is 25.0 Å². The van der Waals surface area contributed by atoms with Crippen LogP contribution in [0.25, 0.3) is 0 Å². The minimum atomic E-state index is -1.33. The van der Waals surface area contributed by atoms with E-state index < -0.39 is 17.1 Å². The molecule has 0 spiro atoms. The predicted octanol–water partition coefficient (Wildman–Crippen LogP) is 3.63. The molecule has 2 aromatic carbocycles. The van der Waals surface area contributed by atoms with Crippen molar-refractivity contribution in [3.05, 3.63) is 74.5 Å². The SMILES string of the molecule is COc1ccc(Cn2c(N)c(NC(=O)C(C)(C)OCc3ccc(F)cc3)c(=O)[nH]c2=S)cc1OC. The maximum Gasteiger partial charge on any atom is 0.277 e. The number of nitrogens with two attached hydrogens (primary N) is 1. The number of anilines is 2. The number of amides is 1. The molecule has 9 nitrogen and oxygen atoms in total. The van der Waals surface area contributed by atoms with Gasteiger partial charge in [0.25, 0.3) is 11.5 Å². The van der Waals surface area contributed by atoms with Crippen molar-refractivity contribution in [1.82, 2.24) is 9.55 Å². The summed E-state index contributed by atoms with van der Waals surface area (Å²) in [4.78, 5) is 28.1. The Morgan fingerprint density at radius 2 is 1.74 bits per heavy atom. The zero-order chi connectivity index (χ0) is 25.8. The van der Waals surface area contributed by atoms with Crippen LogP contribution >= 0.6 is 12.2 Å². The normalized spacial score (nSPS) is 11.2. The minimum absolute atomic E-state index is 0.0174.